The third-order valence-electron chi connectivity index (χ3n) is 2.05. The third kappa shape index (κ3) is 1.44. The first-order chi connectivity index (χ1) is 7.27. The Morgan fingerprint density at radius 1 is 1.47 bits per heavy atom. The van der Waals surface area contributed by atoms with Crippen molar-refractivity contribution in [1.29, 1.82) is 5.26 Å². The minimum atomic E-state index is -0.689. The summed E-state index contributed by atoms with van der Waals surface area (Å²) in [5.74, 6) is -0.541. The zero-order valence-electron chi connectivity index (χ0n) is 8.04. The second-order valence-corrected chi connectivity index (χ2v) is 2.91. The summed E-state index contributed by atoms with van der Waals surface area (Å²) in [6.45, 7) is 0.641. The first kappa shape index (κ1) is 9.59. The Morgan fingerprint density at radius 3 is 2.87 bits per heavy atom. The lowest BCUT2D eigenvalue weighted by Gasteiger charge is -2.20. The maximum Gasteiger partial charge on any atom is 0.212 e. The quantitative estimate of drug-likeness (QED) is 0.702. The van der Waals surface area contributed by atoms with Gasteiger partial charge < -0.3 is 14.2 Å². The molecule has 2 rings (SSSR count). The van der Waals surface area contributed by atoms with Crippen molar-refractivity contribution in [2.45, 2.75) is 0 Å². The Balaban J connectivity index is 2.63. The van der Waals surface area contributed by atoms with E-state index in [2.05, 4.69) is 0 Å². The van der Waals surface area contributed by atoms with Crippen LogP contribution >= 0.6 is 0 Å². The largest absolute Gasteiger partial charge is 0.492 e. The van der Waals surface area contributed by atoms with E-state index in [0.717, 1.165) is 0 Å². The van der Waals surface area contributed by atoms with Crippen molar-refractivity contribution in [2.75, 3.05) is 20.3 Å². The maximum absolute atomic E-state index is 13.7. The van der Waals surface area contributed by atoms with Crippen LogP contribution in [-0.4, -0.2) is 20.3 Å². The molecule has 4 nitrogen and oxygen atoms in total. The normalized spacial score (nSPS) is 13.1. The first-order valence-corrected chi connectivity index (χ1v) is 4.34. The predicted octanol–water partition coefficient (Wildman–Crippen LogP) is 1.48. The number of rotatable bonds is 1. The number of ether oxygens (including phenoxy) is 3. The average Bonchev–Trinajstić information content (AvgIpc) is 2.29. The standard InChI is InChI=1S/C10H8FNO3/c1-13-9-6(5-12)4-7-10(8(9)11)15-3-2-14-7/h4H,2-3H2,1H3. The van der Waals surface area contributed by atoms with Gasteiger partial charge in [-0.3, -0.25) is 0 Å². The molecule has 0 fully saturated rings. The van der Waals surface area contributed by atoms with E-state index in [-0.39, 0.29) is 22.8 Å². The summed E-state index contributed by atoms with van der Waals surface area (Å²) in [7, 11) is 1.30. The first-order valence-electron chi connectivity index (χ1n) is 4.34. The van der Waals surface area contributed by atoms with Crippen LogP contribution in [0, 0.1) is 17.1 Å². The summed E-state index contributed by atoms with van der Waals surface area (Å²) in [6, 6.07) is 3.25. The highest BCUT2D eigenvalue weighted by Gasteiger charge is 2.23. The number of halogens is 1. The highest BCUT2D eigenvalue weighted by atomic mass is 19.1. The van der Waals surface area contributed by atoms with Crippen LogP contribution in [0.25, 0.3) is 0 Å². The van der Waals surface area contributed by atoms with Gasteiger partial charge in [-0.05, 0) is 0 Å². The van der Waals surface area contributed by atoms with Crippen LogP contribution in [-0.2, 0) is 0 Å². The third-order valence-corrected chi connectivity index (χ3v) is 2.05. The molecule has 0 bridgehead atoms. The summed E-state index contributed by atoms with van der Waals surface area (Å²) in [6.07, 6.45) is 0. The van der Waals surface area contributed by atoms with Crippen LogP contribution in [0.2, 0.25) is 0 Å². The Hall–Kier alpha value is -1.96. The molecule has 0 N–H and O–H groups in total. The number of nitriles is 1. The van der Waals surface area contributed by atoms with Gasteiger partial charge in [0.15, 0.2) is 11.5 Å². The molecule has 0 spiro atoms. The number of hydrogen-bond acceptors (Lipinski definition) is 4. The molecule has 1 aromatic rings. The lowest BCUT2D eigenvalue weighted by molar-refractivity contribution is 0.162. The molecule has 0 radical (unpaired) electrons. The Labute approximate surface area is 85.8 Å². The van der Waals surface area contributed by atoms with Gasteiger partial charge in [-0.2, -0.15) is 9.65 Å². The van der Waals surface area contributed by atoms with E-state index in [4.69, 9.17) is 19.5 Å². The van der Waals surface area contributed by atoms with Crippen molar-refractivity contribution in [3.63, 3.8) is 0 Å². The molecule has 0 aliphatic carbocycles. The van der Waals surface area contributed by atoms with Crippen molar-refractivity contribution in [3.8, 4) is 23.3 Å². The Bertz CT molecular complexity index is 439. The highest BCUT2D eigenvalue weighted by Crippen LogP contribution is 2.40. The summed E-state index contributed by atoms with van der Waals surface area (Å²) >= 11 is 0. The van der Waals surface area contributed by atoms with Gasteiger partial charge in [-0.25, -0.2) is 0 Å². The molecule has 0 unspecified atom stereocenters. The van der Waals surface area contributed by atoms with E-state index in [9.17, 15) is 4.39 Å². The molecule has 1 aliphatic heterocycles. The molecule has 78 valence electrons. The molecule has 5 heteroatoms. The molecular formula is C10H8FNO3. The molecule has 1 heterocycles. The van der Waals surface area contributed by atoms with Gasteiger partial charge in [0.25, 0.3) is 0 Å². The van der Waals surface area contributed by atoms with Crippen molar-refractivity contribution >= 4 is 0 Å². The SMILES string of the molecule is COc1c(C#N)cc2c(c1F)OCCO2. The van der Waals surface area contributed by atoms with Gasteiger partial charge in [-0.1, -0.05) is 0 Å². The fourth-order valence-electron chi connectivity index (χ4n) is 1.41. The van der Waals surface area contributed by atoms with E-state index < -0.39 is 5.82 Å². The average molecular weight is 209 g/mol. The number of fused-ring (bicyclic) bond motifs is 1. The molecular weight excluding hydrogens is 201 g/mol. The van der Waals surface area contributed by atoms with Crippen molar-refractivity contribution in [2.24, 2.45) is 0 Å². The number of methoxy groups -OCH3 is 1. The number of nitrogens with zero attached hydrogens (tertiary/aromatic N) is 1. The fourth-order valence-corrected chi connectivity index (χ4v) is 1.41. The van der Waals surface area contributed by atoms with Crippen molar-refractivity contribution in [3.05, 3.63) is 17.4 Å². The van der Waals surface area contributed by atoms with Gasteiger partial charge >= 0.3 is 0 Å². The van der Waals surface area contributed by atoms with E-state index in [1.807, 2.05) is 6.07 Å². The summed E-state index contributed by atoms with van der Waals surface area (Å²) in [5.41, 5.74) is 0.0965. The molecule has 0 atom stereocenters. The van der Waals surface area contributed by atoms with Crippen LogP contribution < -0.4 is 14.2 Å². The Morgan fingerprint density at radius 2 is 2.20 bits per heavy atom. The summed E-state index contributed by atoms with van der Waals surface area (Å²) in [5, 5.41) is 8.78. The lowest BCUT2D eigenvalue weighted by Crippen LogP contribution is -2.17. The van der Waals surface area contributed by atoms with E-state index in [1.54, 1.807) is 0 Å². The van der Waals surface area contributed by atoms with E-state index >= 15 is 0 Å². The second kappa shape index (κ2) is 3.65. The molecule has 0 aromatic heterocycles. The van der Waals surface area contributed by atoms with E-state index in [0.29, 0.717) is 13.2 Å². The summed E-state index contributed by atoms with van der Waals surface area (Å²) in [4.78, 5) is 0. The fraction of sp³-hybridized carbons (Fsp3) is 0.300. The minimum Gasteiger partial charge on any atom is -0.492 e. The number of benzene rings is 1. The van der Waals surface area contributed by atoms with Gasteiger partial charge in [0.2, 0.25) is 11.6 Å². The van der Waals surface area contributed by atoms with Crippen LogP contribution in [0.5, 0.6) is 17.2 Å². The smallest absolute Gasteiger partial charge is 0.212 e. The van der Waals surface area contributed by atoms with Crippen molar-refractivity contribution in [1.82, 2.24) is 0 Å². The van der Waals surface area contributed by atoms with E-state index in [1.165, 1.54) is 13.2 Å². The summed E-state index contributed by atoms with van der Waals surface area (Å²) < 4.78 is 28.8. The predicted molar refractivity (Wildman–Crippen MR) is 48.7 cm³/mol. The molecule has 15 heavy (non-hydrogen) atoms. The maximum atomic E-state index is 13.7. The molecule has 0 saturated carbocycles. The van der Waals surface area contributed by atoms with Crippen LogP contribution in [0.3, 0.4) is 0 Å². The van der Waals surface area contributed by atoms with Gasteiger partial charge in [0.05, 0.1) is 7.11 Å². The van der Waals surface area contributed by atoms with Gasteiger partial charge in [0, 0.05) is 6.07 Å². The van der Waals surface area contributed by atoms with Gasteiger partial charge in [-0.15, -0.1) is 0 Å². The number of hydrogen-bond donors (Lipinski definition) is 0. The van der Waals surface area contributed by atoms with Crippen LogP contribution in [0.1, 0.15) is 5.56 Å². The van der Waals surface area contributed by atoms with Crippen LogP contribution in [0.4, 0.5) is 4.39 Å². The highest BCUT2D eigenvalue weighted by molar-refractivity contribution is 5.56. The minimum absolute atomic E-state index is 0.0112. The molecule has 0 amide bonds. The molecule has 0 saturated heterocycles. The zero-order chi connectivity index (χ0) is 10.8. The zero-order valence-corrected chi connectivity index (χ0v) is 8.04. The van der Waals surface area contributed by atoms with Crippen LogP contribution in [0.15, 0.2) is 6.07 Å². The molecule has 1 aromatic carbocycles. The van der Waals surface area contributed by atoms with Crippen molar-refractivity contribution < 1.29 is 18.6 Å². The second-order valence-electron chi connectivity index (χ2n) is 2.91. The van der Waals surface area contributed by atoms with Gasteiger partial charge in [0.1, 0.15) is 24.8 Å². The Kier molecular flexibility index (Phi) is 2.34. The molecule has 1 aliphatic rings. The monoisotopic (exact) mass is 209 g/mol. The lowest BCUT2D eigenvalue weighted by atomic mass is 10.1. The topological polar surface area (TPSA) is 51.5 Å².